The van der Waals surface area contributed by atoms with Crippen LogP contribution in [0.2, 0.25) is 0 Å². The van der Waals surface area contributed by atoms with Crippen LogP contribution in [0.4, 0.5) is 0 Å². The van der Waals surface area contributed by atoms with Crippen molar-refractivity contribution in [3.05, 3.63) is 23.3 Å². The van der Waals surface area contributed by atoms with E-state index in [-0.39, 0.29) is 57.1 Å². The summed E-state index contributed by atoms with van der Waals surface area (Å²) in [7, 11) is 1.52. The van der Waals surface area contributed by atoms with Crippen molar-refractivity contribution in [2.75, 3.05) is 7.11 Å². The Balaban J connectivity index is 0.00000144. The van der Waals surface area contributed by atoms with E-state index >= 15 is 0 Å². The van der Waals surface area contributed by atoms with Gasteiger partial charge in [0.1, 0.15) is 5.75 Å². The van der Waals surface area contributed by atoms with Gasteiger partial charge in [-0.05, 0) is 25.0 Å². The summed E-state index contributed by atoms with van der Waals surface area (Å²) in [5.74, 6) is 0.470. The van der Waals surface area contributed by atoms with Crippen LogP contribution < -0.4 is 61.2 Å². The average molecular weight is 204 g/mol. The molecule has 0 saturated heterocycles. The molecule has 13 heavy (non-hydrogen) atoms. The normalized spacial score (nSPS) is 9.15. The topological polar surface area (TPSA) is 32.3 Å². The predicted molar refractivity (Wildman–Crippen MR) is 46.6 cm³/mol. The second kappa shape index (κ2) is 6.04. The monoisotopic (exact) mass is 204 g/mol. The summed E-state index contributed by atoms with van der Waals surface area (Å²) < 4.78 is 4.96. The summed E-state index contributed by atoms with van der Waals surface area (Å²) in [4.78, 5) is 0. The zero-order valence-electron chi connectivity index (χ0n) is 8.68. The van der Waals surface area contributed by atoms with Gasteiger partial charge in [-0.25, -0.2) is 0 Å². The fourth-order valence-electron chi connectivity index (χ4n) is 1.23. The molecule has 0 amide bonds. The zero-order chi connectivity index (χ0) is 9.14. The molecule has 0 spiro atoms. The van der Waals surface area contributed by atoms with Crippen molar-refractivity contribution in [1.29, 1.82) is 0 Å². The SMILES string of the molecule is CCc1cc(C)cc(OC)c1[O-].[K+]. The van der Waals surface area contributed by atoms with E-state index in [0.29, 0.717) is 5.75 Å². The summed E-state index contributed by atoms with van der Waals surface area (Å²) >= 11 is 0. The first-order valence-electron chi connectivity index (χ1n) is 4.03. The summed E-state index contributed by atoms with van der Waals surface area (Å²) in [6.45, 7) is 3.93. The van der Waals surface area contributed by atoms with Crippen LogP contribution in [0.5, 0.6) is 11.5 Å². The minimum atomic E-state index is 0. The van der Waals surface area contributed by atoms with Crippen LogP contribution in [0, 0.1) is 6.92 Å². The smallest absolute Gasteiger partial charge is 0.870 e. The molecule has 1 aromatic rings. The molecule has 0 saturated carbocycles. The predicted octanol–water partition coefficient (Wildman–Crippen LogP) is -1.36. The molecule has 0 aliphatic rings. The fourth-order valence-corrected chi connectivity index (χ4v) is 1.23. The number of aryl methyl sites for hydroxylation is 2. The van der Waals surface area contributed by atoms with E-state index in [1.165, 1.54) is 7.11 Å². The second-order valence-corrected chi connectivity index (χ2v) is 2.81. The van der Waals surface area contributed by atoms with Gasteiger partial charge in [-0.3, -0.25) is 0 Å². The largest absolute Gasteiger partial charge is 1.00 e. The molecule has 66 valence electrons. The van der Waals surface area contributed by atoms with Crippen LogP contribution in [0.3, 0.4) is 0 Å². The van der Waals surface area contributed by atoms with E-state index in [1.54, 1.807) is 6.07 Å². The number of ether oxygens (including phenoxy) is 1. The Kier molecular flexibility index (Phi) is 6.25. The molecule has 0 heterocycles. The molecule has 0 aliphatic carbocycles. The van der Waals surface area contributed by atoms with Crippen molar-refractivity contribution in [3.8, 4) is 11.5 Å². The molecular formula is C10H13KO2. The van der Waals surface area contributed by atoms with Crippen LogP contribution in [0.25, 0.3) is 0 Å². The molecule has 0 aromatic heterocycles. The van der Waals surface area contributed by atoms with Gasteiger partial charge in [0.2, 0.25) is 0 Å². The molecule has 0 N–H and O–H groups in total. The van der Waals surface area contributed by atoms with Gasteiger partial charge in [-0.15, -0.1) is 0 Å². The van der Waals surface area contributed by atoms with Crippen LogP contribution >= 0.6 is 0 Å². The zero-order valence-corrected chi connectivity index (χ0v) is 11.8. The van der Waals surface area contributed by atoms with Crippen LogP contribution in [-0.4, -0.2) is 7.11 Å². The van der Waals surface area contributed by atoms with Crippen LogP contribution in [0.1, 0.15) is 18.1 Å². The second-order valence-electron chi connectivity index (χ2n) is 2.81. The minimum Gasteiger partial charge on any atom is -0.870 e. The van der Waals surface area contributed by atoms with Crippen molar-refractivity contribution in [3.63, 3.8) is 0 Å². The number of benzene rings is 1. The Morgan fingerprint density at radius 3 is 2.46 bits per heavy atom. The number of methoxy groups -OCH3 is 1. The molecule has 0 radical (unpaired) electrons. The first-order valence-corrected chi connectivity index (χ1v) is 4.03. The number of hydrogen-bond acceptors (Lipinski definition) is 2. The van der Waals surface area contributed by atoms with E-state index in [0.717, 1.165) is 17.5 Å². The summed E-state index contributed by atoms with van der Waals surface area (Å²) in [5.41, 5.74) is 1.90. The number of rotatable bonds is 2. The Hall–Kier alpha value is 0.456. The van der Waals surface area contributed by atoms with Gasteiger partial charge in [0, 0.05) is 0 Å². The molecule has 0 aliphatic heterocycles. The van der Waals surface area contributed by atoms with Gasteiger partial charge in [0.25, 0.3) is 0 Å². The maximum Gasteiger partial charge on any atom is 1.00 e. The van der Waals surface area contributed by atoms with Crippen molar-refractivity contribution < 1.29 is 61.2 Å². The van der Waals surface area contributed by atoms with Crippen molar-refractivity contribution in [2.24, 2.45) is 0 Å². The molecule has 0 unspecified atom stereocenters. The Labute approximate surface area is 122 Å². The molecule has 0 atom stereocenters. The third kappa shape index (κ3) is 3.25. The molecule has 2 nitrogen and oxygen atoms in total. The molecule has 0 bridgehead atoms. The van der Waals surface area contributed by atoms with Crippen molar-refractivity contribution in [1.82, 2.24) is 0 Å². The van der Waals surface area contributed by atoms with Crippen molar-refractivity contribution in [2.45, 2.75) is 20.3 Å². The molecule has 0 fully saturated rings. The molecular weight excluding hydrogens is 191 g/mol. The molecule has 1 aromatic carbocycles. The van der Waals surface area contributed by atoms with Gasteiger partial charge >= 0.3 is 51.4 Å². The van der Waals surface area contributed by atoms with E-state index in [9.17, 15) is 5.11 Å². The Morgan fingerprint density at radius 2 is 2.00 bits per heavy atom. The van der Waals surface area contributed by atoms with E-state index in [1.807, 2.05) is 19.9 Å². The van der Waals surface area contributed by atoms with Gasteiger partial charge in [-0.2, -0.15) is 0 Å². The molecule has 3 heteroatoms. The molecule has 1 rings (SSSR count). The van der Waals surface area contributed by atoms with Gasteiger partial charge in [-0.1, -0.05) is 24.3 Å². The summed E-state index contributed by atoms with van der Waals surface area (Å²) in [6, 6.07) is 3.67. The summed E-state index contributed by atoms with van der Waals surface area (Å²) in [5, 5.41) is 11.5. The van der Waals surface area contributed by atoms with E-state index in [2.05, 4.69) is 0 Å². The standard InChI is InChI=1S/C10H14O2.K/c1-4-8-5-7(2)6-9(12-3)10(8)11;/h5-6,11H,4H2,1-3H3;/q;+1/p-1. The Morgan fingerprint density at radius 1 is 1.38 bits per heavy atom. The van der Waals surface area contributed by atoms with Crippen LogP contribution in [0.15, 0.2) is 12.1 Å². The third-order valence-electron chi connectivity index (χ3n) is 1.88. The quantitative estimate of drug-likeness (QED) is 0.558. The fraction of sp³-hybridized carbons (Fsp3) is 0.400. The maximum absolute atomic E-state index is 11.5. The average Bonchev–Trinajstić information content (AvgIpc) is 2.08. The van der Waals surface area contributed by atoms with Gasteiger partial charge in [0.15, 0.2) is 0 Å². The van der Waals surface area contributed by atoms with Crippen molar-refractivity contribution >= 4 is 0 Å². The first kappa shape index (κ1) is 13.5. The Bertz CT molecular complexity index is 259. The van der Waals surface area contributed by atoms with Crippen LogP contribution in [-0.2, 0) is 6.42 Å². The van der Waals surface area contributed by atoms with Gasteiger partial charge < -0.3 is 9.84 Å². The first-order chi connectivity index (χ1) is 5.69. The minimum absolute atomic E-state index is 0. The summed E-state index contributed by atoms with van der Waals surface area (Å²) in [6.07, 6.45) is 0.761. The van der Waals surface area contributed by atoms with E-state index in [4.69, 9.17) is 4.74 Å². The van der Waals surface area contributed by atoms with E-state index < -0.39 is 0 Å². The third-order valence-corrected chi connectivity index (χ3v) is 1.88. The maximum atomic E-state index is 11.5. The van der Waals surface area contributed by atoms with Gasteiger partial charge in [0.05, 0.1) is 7.11 Å². The number of hydrogen-bond donors (Lipinski definition) is 0.